The molecule has 0 radical (unpaired) electrons. The molecule has 1 N–H and O–H groups in total. The summed E-state index contributed by atoms with van der Waals surface area (Å²) in [6.45, 7) is 1.64. The summed E-state index contributed by atoms with van der Waals surface area (Å²) in [7, 11) is 1.53. The first-order valence-electron chi connectivity index (χ1n) is 6.80. The Morgan fingerprint density at radius 2 is 1.50 bits per heavy atom. The molecule has 2 rings (SSSR count). The minimum atomic E-state index is -0.622. The average molecular weight is 301 g/mol. The zero-order valence-corrected chi connectivity index (χ0v) is 12.3. The second kappa shape index (κ2) is 6.85. The van der Waals surface area contributed by atoms with Crippen LogP contribution in [0.3, 0.4) is 0 Å². The van der Waals surface area contributed by atoms with E-state index >= 15 is 0 Å². The van der Waals surface area contributed by atoms with Gasteiger partial charge in [0.2, 0.25) is 0 Å². The van der Waals surface area contributed by atoms with Crippen LogP contribution < -0.4 is 10.1 Å². The lowest BCUT2D eigenvalue weighted by atomic mass is 10.0. The first-order chi connectivity index (χ1) is 10.5. The quantitative estimate of drug-likeness (QED) is 0.864. The van der Waals surface area contributed by atoms with Crippen LogP contribution in [0.2, 0.25) is 0 Å². The van der Waals surface area contributed by atoms with Crippen molar-refractivity contribution >= 4 is 11.7 Å². The summed E-state index contributed by atoms with van der Waals surface area (Å²) in [6, 6.07) is 11.8. The minimum absolute atomic E-state index is 0.203. The fourth-order valence-electron chi connectivity index (χ4n) is 1.91. The summed E-state index contributed by atoms with van der Waals surface area (Å²) in [5.74, 6) is -0.326. The van der Waals surface area contributed by atoms with Gasteiger partial charge >= 0.3 is 0 Å². The predicted molar refractivity (Wildman–Crippen MR) is 80.4 cm³/mol. The maximum atomic E-state index is 12.9. The maximum absolute atomic E-state index is 12.9. The Morgan fingerprint density at radius 1 is 1.00 bits per heavy atom. The number of likely N-dealkylation sites (N-methyl/N-ethyl adjacent to an activating group) is 1. The summed E-state index contributed by atoms with van der Waals surface area (Å²) in [5.41, 5.74) is 0.875. The fourth-order valence-corrected chi connectivity index (χ4v) is 1.91. The molecule has 0 fully saturated rings. The van der Waals surface area contributed by atoms with Crippen molar-refractivity contribution in [2.75, 3.05) is 7.05 Å². The number of benzene rings is 2. The normalized spacial score (nSPS) is 11.6. The number of rotatable bonds is 5. The van der Waals surface area contributed by atoms with Gasteiger partial charge in [0.1, 0.15) is 11.6 Å². The van der Waals surface area contributed by atoms with Gasteiger partial charge in [-0.05, 0) is 55.5 Å². The molecule has 2 aromatic carbocycles. The Bertz CT molecular complexity index is 665. The van der Waals surface area contributed by atoms with Gasteiger partial charge in [-0.15, -0.1) is 0 Å². The molecule has 0 saturated heterocycles. The molecule has 0 saturated carbocycles. The van der Waals surface area contributed by atoms with E-state index in [1.165, 1.54) is 31.3 Å². The lowest BCUT2D eigenvalue weighted by Gasteiger charge is -2.13. The maximum Gasteiger partial charge on any atom is 0.260 e. The van der Waals surface area contributed by atoms with Crippen molar-refractivity contribution in [3.63, 3.8) is 0 Å². The van der Waals surface area contributed by atoms with Crippen LogP contribution in [-0.2, 0) is 4.79 Å². The molecule has 1 atom stereocenters. The average Bonchev–Trinajstić information content (AvgIpc) is 2.54. The number of amides is 1. The van der Waals surface area contributed by atoms with Crippen LogP contribution in [0.25, 0.3) is 0 Å². The lowest BCUT2D eigenvalue weighted by Crippen LogP contribution is -2.33. The number of hydrogen-bond acceptors (Lipinski definition) is 3. The number of ether oxygens (including phenoxy) is 1. The van der Waals surface area contributed by atoms with Gasteiger partial charge in [0.05, 0.1) is 0 Å². The number of ketones is 1. The van der Waals surface area contributed by atoms with Gasteiger partial charge in [-0.1, -0.05) is 0 Å². The van der Waals surface area contributed by atoms with Crippen LogP contribution in [0.1, 0.15) is 22.8 Å². The van der Waals surface area contributed by atoms with Crippen LogP contribution in [0.15, 0.2) is 48.5 Å². The summed E-state index contributed by atoms with van der Waals surface area (Å²) in [4.78, 5) is 23.6. The summed E-state index contributed by atoms with van der Waals surface area (Å²) in [5, 5.41) is 2.49. The predicted octanol–water partition coefficient (Wildman–Crippen LogP) is 2.57. The van der Waals surface area contributed by atoms with Crippen molar-refractivity contribution in [1.29, 1.82) is 0 Å². The van der Waals surface area contributed by atoms with Crippen LogP contribution in [0, 0.1) is 5.82 Å². The lowest BCUT2D eigenvalue weighted by molar-refractivity contribution is -0.126. The number of nitrogens with one attached hydrogen (secondary N) is 1. The number of carbonyl (C=O) groups is 2. The van der Waals surface area contributed by atoms with Gasteiger partial charge < -0.3 is 10.1 Å². The van der Waals surface area contributed by atoms with Crippen molar-refractivity contribution in [3.05, 3.63) is 65.5 Å². The van der Waals surface area contributed by atoms with Crippen LogP contribution in [0.4, 0.5) is 4.39 Å². The molecule has 0 unspecified atom stereocenters. The molecule has 0 aliphatic rings. The second-order valence-corrected chi connectivity index (χ2v) is 4.73. The molecule has 0 heterocycles. The van der Waals surface area contributed by atoms with E-state index in [0.717, 1.165) is 0 Å². The van der Waals surface area contributed by atoms with Gasteiger partial charge in [-0.3, -0.25) is 9.59 Å². The molecule has 0 bridgehead atoms. The van der Waals surface area contributed by atoms with E-state index in [1.807, 2.05) is 0 Å². The fraction of sp³-hybridized carbons (Fsp3) is 0.176. The summed E-state index contributed by atoms with van der Waals surface area (Å²) >= 11 is 0. The van der Waals surface area contributed by atoms with E-state index in [1.54, 1.807) is 31.2 Å². The van der Waals surface area contributed by atoms with Crippen LogP contribution in [-0.4, -0.2) is 24.8 Å². The molecule has 22 heavy (non-hydrogen) atoms. The van der Waals surface area contributed by atoms with Gasteiger partial charge in [-0.2, -0.15) is 0 Å². The molecule has 0 spiro atoms. The zero-order chi connectivity index (χ0) is 16.1. The zero-order valence-electron chi connectivity index (χ0n) is 12.3. The number of hydrogen-bond donors (Lipinski definition) is 1. The van der Waals surface area contributed by atoms with Crippen molar-refractivity contribution in [2.24, 2.45) is 0 Å². The SMILES string of the molecule is CNC(=O)[C@@H](C)Oc1ccc(C(=O)c2ccc(F)cc2)cc1. The Balaban J connectivity index is 2.10. The third kappa shape index (κ3) is 3.69. The number of carbonyl (C=O) groups excluding carboxylic acids is 2. The molecule has 5 heteroatoms. The van der Waals surface area contributed by atoms with E-state index in [0.29, 0.717) is 16.9 Å². The van der Waals surface area contributed by atoms with Gasteiger partial charge in [0, 0.05) is 18.2 Å². The van der Waals surface area contributed by atoms with E-state index in [-0.39, 0.29) is 17.5 Å². The third-order valence-corrected chi connectivity index (χ3v) is 3.15. The van der Waals surface area contributed by atoms with Crippen LogP contribution in [0.5, 0.6) is 5.75 Å². The number of halogens is 1. The summed E-state index contributed by atoms with van der Waals surface area (Å²) in [6.07, 6.45) is -0.622. The molecule has 1 amide bonds. The van der Waals surface area contributed by atoms with Crippen molar-refractivity contribution in [3.8, 4) is 5.75 Å². The highest BCUT2D eigenvalue weighted by Crippen LogP contribution is 2.17. The Hall–Kier alpha value is -2.69. The van der Waals surface area contributed by atoms with E-state index in [9.17, 15) is 14.0 Å². The highest BCUT2D eigenvalue weighted by molar-refractivity contribution is 6.09. The molecule has 114 valence electrons. The Morgan fingerprint density at radius 3 is 2.00 bits per heavy atom. The van der Waals surface area contributed by atoms with E-state index < -0.39 is 6.10 Å². The van der Waals surface area contributed by atoms with Crippen molar-refractivity contribution in [1.82, 2.24) is 5.32 Å². The van der Waals surface area contributed by atoms with Crippen molar-refractivity contribution in [2.45, 2.75) is 13.0 Å². The van der Waals surface area contributed by atoms with Gasteiger partial charge in [0.15, 0.2) is 11.9 Å². The highest BCUT2D eigenvalue weighted by Gasteiger charge is 2.13. The van der Waals surface area contributed by atoms with Crippen molar-refractivity contribution < 1.29 is 18.7 Å². The molecule has 2 aromatic rings. The largest absolute Gasteiger partial charge is 0.481 e. The summed E-state index contributed by atoms with van der Waals surface area (Å²) < 4.78 is 18.3. The van der Waals surface area contributed by atoms with E-state index in [2.05, 4.69) is 5.32 Å². The molecular formula is C17H16FNO3. The molecule has 4 nitrogen and oxygen atoms in total. The standard InChI is InChI=1S/C17H16FNO3/c1-11(17(21)19-2)22-15-9-5-13(6-10-15)16(20)12-3-7-14(18)8-4-12/h3-11H,1-2H3,(H,19,21)/t11-/m1/s1. The molecule has 0 aromatic heterocycles. The highest BCUT2D eigenvalue weighted by atomic mass is 19.1. The first-order valence-corrected chi connectivity index (χ1v) is 6.80. The van der Waals surface area contributed by atoms with Gasteiger partial charge in [-0.25, -0.2) is 4.39 Å². The monoisotopic (exact) mass is 301 g/mol. The molecule has 0 aliphatic carbocycles. The third-order valence-electron chi connectivity index (χ3n) is 3.15. The second-order valence-electron chi connectivity index (χ2n) is 4.73. The smallest absolute Gasteiger partial charge is 0.260 e. The molecular weight excluding hydrogens is 285 g/mol. The van der Waals surface area contributed by atoms with Gasteiger partial charge in [0.25, 0.3) is 5.91 Å². The first kappa shape index (κ1) is 15.7. The van der Waals surface area contributed by atoms with E-state index in [4.69, 9.17) is 4.74 Å². The minimum Gasteiger partial charge on any atom is -0.481 e. The Kier molecular flexibility index (Phi) is 4.88. The topological polar surface area (TPSA) is 55.4 Å². The molecule has 0 aliphatic heterocycles. The Labute approximate surface area is 127 Å². The van der Waals surface area contributed by atoms with Crippen LogP contribution >= 0.6 is 0 Å².